The van der Waals surface area contributed by atoms with Crippen molar-refractivity contribution in [2.24, 2.45) is 7.05 Å². The molecule has 19 heavy (non-hydrogen) atoms. The zero-order chi connectivity index (χ0) is 13.8. The maximum atomic E-state index is 9.18. The first kappa shape index (κ1) is 13.9. The minimum absolute atomic E-state index is 0.00946. The van der Waals surface area contributed by atoms with E-state index in [-0.39, 0.29) is 12.6 Å². The summed E-state index contributed by atoms with van der Waals surface area (Å²) in [5.41, 5.74) is 2.80. The van der Waals surface area contributed by atoms with Gasteiger partial charge in [-0.1, -0.05) is 24.6 Å². The van der Waals surface area contributed by atoms with Gasteiger partial charge in [0.2, 0.25) is 0 Å². The molecule has 0 bridgehead atoms. The average molecular weight is 280 g/mol. The van der Waals surface area contributed by atoms with E-state index in [1.54, 1.807) is 10.7 Å². The van der Waals surface area contributed by atoms with E-state index < -0.39 is 0 Å². The standard InChI is InChI=1S/C14H18ClN3O/c1-3-13(11-7-16-18(2)8-11)17-14-6-10(9-19)4-5-12(14)15/h4-8,13,17,19H,3,9H2,1-2H3. The van der Waals surface area contributed by atoms with Crippen LogP contribution in [0, 0.1) is 0 Å². The van der Waals surface area contributed by atoms with Gasteiger partial charge >= 0.3 is 0 Å². The van der Waals surface area contributed by atoms with Gasteiger partial charge < -0.3 is 10.4 Å². The maximum Gasteiger partial charge on any atom is 0.0682 e. The third-order valence-corrected chi connectivity index (χ3v) is 3.41. The summed E-state index contributed by atoms with van der Waals surface area (Å²) in [6, 6.07) is 5.64. The van der Waals surface area contributed by atoms with Crippen molar-refractivity contribution in [3.8, 4) is 0 Å². The van der Waals surface area contributed by atoms with Crippen LogP contribution in [0.25, 0.3) is 0 Å². The van der Waals surface area contributed by atoms with Crippen LogP contribution in [0.5, 0.6) is 0 Å². The number of benzene rings is 1. The molecule has 0 saturated heterocycles. The van der Waals surface area contributed by atoms with E-state index in [0.717, 1.165) is 23.2 Å². The van der Waals surface area contributed by atoms with Gasteiger partial charge in [0.05, 0.1) is 29.6 Å². The molecule has 0 spiro atoms. The first-order valence-corrected chi connectivity index (χ1v) is 6.66. The lowest BCUT2D eigenvalue weighted by atomic mass is 10.1. The minimum Gasteiger partial charge on any atom is -0.392 e. The van der Waals surface area contributed by atoms with E-state index >= 15 is 0 Å². The highest BCUT2D eigenvalue weighted by Gasteiger charge is 2.13. The molecule has 4 nitrogen and oxygen atoms in total. The fraction of sp³-hybridized carbons (Fsp3) is 0.357. The van der Waals surface area contributed by atoms with Crippen molar-refractivity contribution >= 4 is 17.3 Å². The number of nitrogens with one attached hydrogen (secondary N) is 1. The molecule has 1 heterocycles. The molecule has 0 aliphatic carbocycles. The van der Waals surface area contributed by atoms with Crippen LogP contribution in [-0.2, 0) is 13.7 Å². The SMILES string of the molecule is CCC(Nc1cc(CO)ccc1Cl)c1cnn(C)c1. The Morgan fingerprint density at radius 2 is 2.26 bits per heavy atom. The molecule has 1 unspecified atom stereocenters. The monoisotopic (exact) mass is 279 g/mol. The van der Waals surface area contributed by atoms with Crippen molar-refractivity contribution in [2.75, 3.05) is 5.32 Å². The van der Waals surface area contributed by atoms with Gasteiger partial charge in [0.15, 0.2) is 0 Å². The summed E-state index contributed by atoms with van der Waals surface area (Å²) in [4.78, 5) is 0. The van der Waals surface area contributed by atoms with Gasteiger partial charge in [0.25, 0.3) is 0 Å². The Morgan fingerprint density at radius 3 is 2.84 bits per heavy atom. The second-order valence-corrected chi connectivity index (χ2v) is 4.93. The van der Waals surface area contributed by atoms with Crippen LogP contribution in [0.4, 0.5) is 5.69 Å². The van der Waals surface area contributed by atoms with Crippen molar-refractivity contribution in [1.29, 1.82) is 0 Å². The zero-order valence-corrected chi connectivity index (χ0v) is 11.9. The molecular weight excluding hydrogens is 262 g/mol. The van der Waals surface area contributed by atoms with Gasteiger partial charge in [-0.25, -0.2) is 0 Å². The summed E-state index contributed by atoms with van der Waals surface area (Å²) >= 11 is 6.18. The topological polar surface area (TPSA) is 50.1 Å². The Kier molecular flexibility index (Phi) is 4.45. The molecular formula is C14H18ClN3O. The molecule has 0 amide bonds. The molecule has 0 fully saturated rings. The van der Waals surface area contributed by atoms with Crippen LogP contribution in [0.15, 0.2) is 30.6 Å². The molecule has 0 saturated carbocycles. The van der Waals surface area contributed by atoms with E-state index in [9.17, 15) is 5.11 Å². The Bertz CT molecular complexity index is 553. The molecule has 1 aromatic carbocycles. The Labute approximate surface area is 118 Å². The highest BCUT2D eigenvalue weighted by molar-refractivity contribution is 6.33. The molecule has 1 atom stereocenters. The van der Waals surface area contributed by atoms with Gasteiger partial charge in [-0.3, -0.25) is 4.68 Å². The summed E-state index contributed by atoms with van der Waals surface area (Å²) in [6.07, 6.45) is 4.77. The second kappa shape index (κ2) is 6.08. The number of nitrogens with zero attached hydrogens (tertiary/aromatic N) is 2. The average Bonchev–Trinajstić information content (AvgIpc) is 2.84. The summed E-state index contributed by atoms with van der Waals surface area (Å²) < 4.78 is 1.78. The number of rotatable bonds is 5. The van der Waals surface area contributed by atoms with Gasteiger partial charge in [-0.15, -0.1) is 0 Å². The fourth-order valence-corrected chi connectivity index (χ4v) is 2.18. The number of aliphatic hydroxyl groups is 1. The third-order valence-electron chi connectivity index (χ3n) is 3.08. The highest BCUT2D eigenvalue weighted by atomic mass is 35.5. The number of aryl methyl sites for hydroxylation is 1. The lowest BCUT2D eigenvalue weighted by Gasteiger charge is -2.18. The maximum absolute atomic E-state index is 9.18. The van der Waals surface area contributed by atoms with Gasteiger partial charge in [0.1, 0.15) is 0 Å². The van der Waals surface area contributed by atoms with Crippen molar-refractivity contribution in [1.82, 2.24) is 9.78 Å². The normalized spacial score (nSPS) is 12.4. The number of hydrogen-bond donors (Lipinski definition) is 2. The van der Waals surface area contributed by atoms with Crippen molar-refractivity contribution in [3.05, 3.63) is 46.7 Å². The Hall–Kier alpha value is -1.52. The summed E-state index contributed by atoms with van der Waals surface area (Å²) in [6.45, 7) is 2.12. The Morgan fingerprint density at radius 1 is 1.47 bits per heavy atom. The molecule has 5 heteroatoms. The molecule has 2 rings (SSSR count). The molecule has 0 radical (unpaired) electrons. The second-order valence-electron chi connectivity index (χ2n) is 4.52. The van der Waals surface area contributed by atoms with E-state index in [1.807, 2.05) is 31.6 Å². The van der Waals surface area contributed by atoms with Crippen LogP contribution >= 0.6 is 11.6 Å². The first-order valence-electron chi connectivity index (χ1n) is 6.28. The Balaban J connectivity index is 2.23. The lowest BCUT2D eigenvalue weighted by molar-refractivity contribution is 0.282. The predicted octanol–water partition coefficient (Wildman–Crippen LogP) is 3.13. The van der Waals surface area contributed by atoms with E-state index in [0.29, 0.717) is 5.02 Å². The molecule has 0 aliphatic rings. The van der Waals surface area contributed by atoms with Crippen molar-refractivity contribution in [2.45, 2.75) is 26.0 Å². The van der Waals surface area contributed by atoms with Crippen LogP contribution < -0.4 is 5.32 Å². The summed E-state index contributed by atoms with van der Waals surface area (Å²) in [7, 11) is 1.90. The summed E-state index contributed by atoms with van der Waals surface area (Å²) in [5, 5.41) is 17.4. The highest BCUT2D eigenvalue weighted by Crippen LogP contribution is 2.28. The van der Waals surface area contributed by atoms with Crippen molar-refractivity contribution < 1.29 is 5.11 Å². The molecule has 0 aliphatic heterocycles. The summed E-state index contributed by atoms with van der Waals surface area (Å²) in [5.74, 6) is 0. The van der Waals surface area contributed by atoms with Gasteiger partial charge in [0, 0.05) is 18.8 Å². The van der Waals surface area contributed by atoms with E-state index in [2.05, 4.69) is 17.3 Å². The fourth-order valence-electron chi connectivity index (χ4n) is 2.01. The van der Waals surface area contributed by atoms with E-state index in [1.165, 1.54) is 0 Å². The number of hydrogen-bond acceptors (Lipinski definition) is 3. The first-order chi connectivity index (χ1) is 9.13. The quantitative estimate of drug-likeness (QED) is 0.884. The van der Waals surface area contributed by atoms with Crippen LogP contribution in [-0.4, -0.2) is 14.9 Å². The van der Waals surface area contributed by atoms with Gasteiger partial charge in [-0.2, -0.15) is 5.10 Å². The predicted molar refractivity (Wildman–Crippen MR) is 77.2 cm³/mol. The molecule has 2 aromatic rings. The molecule has 2 N–H and O–H groups in total. The number of anilines is 1. The number of halogens is 1. The number of aromatic nitrogens is 2. The van der Waals surface area contributed by atoms with Gasteiger partial charge in [-0.05, 0) is 24.1 Å². The number of aliphatic hydroxyl groups excluding tert-OH is 1. The van der Waals surface area contributed by atoms with Crippen LogP contribution in [0.1, 0.15) is 30.5 Å². The largest absolute Gasteiger partial charge is 0.392 e. The molecule has 1 aromatic heterocycles. The smallest absolute Gasteiger partial charge is 0.0682 e. The van der Waals surface area contributed by atoms with E-state index in [4.69, 9.17) is 11.6 Å². The molecule has 102 valence electrons. The van der Waals surface area contributed by atoms with Crippen LogP contribution in [0.2, 0.25) is 5.02 Å². The third kappa shape index (κ3) is 3.28. The minimum atomic E-state index is 0.00946. The van der Waals surface area contributed by atoms with Crippen molar-refractivity contribution in [3.63, 3.8) is 0 Å². The lowest BCUT2D eigenvalue weighted by Crippen LogP contribution is -2.09. The van der Waals surface area contributed by atoms with Crippen LogP contribution in [0.3, 0.4) is 0 Å². The zero-order valence-electron chi connectivity index (χ0n) is 11.1.